The molecule has 0 atom stereocenters. The van der Waals surface area contributed by atoms with Gasteiger partial charge in [-0.3, -0.25) is 4.79 Å². The molecule has 17 heteroatoms. The minimum atomic E-state index is -1.37. The summed E-state index contributed by atoms with van der Waals surface area (Å²) in [5.41, 5.74) is -0.584. The highest BCUT2D eigenvalue weighted by atomic mass is 79.9. The van der Waals surface area contributed by atoms with Crippen LogP contribution in [0.5, 0.6) is 11.5 Å². The van der Waals surface area contributed by atoms with Crippen molar-refractivity contribution in [1.29, 1.82) is 0 Å². The second kappa shape index (κ2) is 17.5. The number of nitrogens with one attached hydrogen (secondary N) is 1. The number of rotatable bonds is 8. The number of pyridine rings is 3. The summed E-state index contributed by atoms with van der Waals surface area (Å²) in [7, 11) is 6.71. The van der Waals surface area contributed by atoms with E-state index in [0.29, 0.717) is 16.8 Å². The molecular weight excluding hydrogens is 642 g/mol. The minimum absolute atomic E-state index is 0.0118. The van der Waals surface area contributed by atoms with E-state index >= 15 is 0 Å². The van der Waals surface area contributed by atoms with E-state index in [1.165, 1.54) is 53.7 Å². The van der Waals surface area contributed by atoms with Crippen LogP contribution in [0, 0.1) is 0 Å². The Hall–Kier alpha value is -5.32. The van der Waals surface area contributed by atoms with E-state index in [1.54, 1.807) is 6.07 Å². The van der Waals surface area contributed by atoms with Gasteiger partial charge in [0.25, 0.3) is 0 Å². The number of carbonyl (C=O) groups excluding carboxylic acids is 3. The Bertz CT molecular complexity index is 1450. The van der Waals surface area contributed by atoms with Crippen LogP contribution in [0.25, 0.3) is 0 Å². The highest BCUT2D eigenvalue weighted by molar-refractivity contribution is 9.08. The molecule has 0 aliphatic rings. The average molecular weight is 668 g/mol. The number of carboxylic acids is 2. The molecule has 3 heterocycles. The van der Waals surface area contributed by atoms with E-state index in [2.05, 4.69) is 45.1 Å². The summed E-state index contributed by atoms with van der Waals surface area (Å²) in [6.45, 7) is 0. The van der Waals surface area contributed by atoms with Crippen LogP contribution >= 0.6 is 15.9 Å². The number of hydrogen-bond donors (Lipinski definition) is 3. The molecule has 0 bridgehead atoms. The van der Waals surface area contributed by atoms with E-state index < -0.39 is 46.7 Å². The molecule has 0 aromatic carbocycles. The maximum absolute atomic E-state index is 11.3. The first-order chi connectivity index (χ1) is 20.3. The monoisotopic (exact) mass is 667 g/mol. The summed E-state index contributed by atoms with van der Waals surface area (Å²) in [6, 6.07) is 7.67. The van der Waals surface area contributed by atoms with Crippen molar-refractivity contribution in [2.45, 2.75) is 5.33 Å². The van der Waals surface area contributed by atoms with Crippen molar-refractivity contribution in [2.24, 2.45) is 0 Å². The van der Waals surface area contributed by atoms with Gasteiger partial charge in [0.05, 0.1) is 41.2 Å². The van der Waals surface area contributed by atoms with Crippen LogP contribution in [-0.2, 0) is 19.5 Å². The number of aromatic carboxylic acids is 2. The molecule has 0 aliphatic carbocycles. The van der Waals surface area contributed by atoms with Gasteiger partial charge in [-0.05, 0) is 0 Å². The predicted octanol–water partition coefficient (Wildman–Crippen LogP) is 2.21. The Labute approximate surface area is 251 Å². The van der Waals surface area contributed by atoms with Crippen molar-refractivity contribution in [1.82, 2.24) is 15.0 Å². The van der Waals surface area contributed by atoms with E-state index in [1.807, 2.05) is 0 Å². The van der Waals surface area contributed by atoms with Crippen LogP contribution in [0.3, 0.4) is 0 Å². The summed E-state index contributed by atoms with van der Waals surface area (Å²) >= 11 is 3.26. The van der Waals surface area contributed by atoms with E-state index in [-0.39, 0.29) is 17.1 Å². The van der Waals surface area contributed by atoms with Gasteiger partial charge < -0.3 is 38.9 Å². The SMILES string of the molecule is COC(=O)c1cc(OC)cc(C(=O)OC)n1.COC(=O)c1cc(OC)cc(CBr)n1.O=C(O)c1cc(=O)cc(C(=O)O)[nH]1. The molecule has 0 radical (unpaired) electrons. The lowest BCUT2D eigenvalue weighted by Gasteiger charge is -2.05. The lowest BCUT2D eigenvalue weighted by Crippen LogP contribution is -2.13. The number of esters is 3. The van der Waals surface area contributed by atoms with Gasteiger partial charge in [0.2, 0.25) is 0 Å². The molecule has 0 fully saturated rings. The standard InChI is InChI=1S/C10H11NO5.C9H10BrNO3.C7H5NO5/c1-14-6-4-7(9(12)15-2)11-8(5-6)10(13)16-3;1-13-7-3-6(5-10)11-8(4-7)9(12)14-2;9-3-1-4(6(10)11)8-5(2-3)7(12)13/h4-5H,1-3H3;3-4H,5H2,1-2H3;1-2H,(H,8,9)(H,10,11)(H,12,13). The van der Waals surface area contributed by atoms with Crippen molar-refractivity contribution in [3.8, 4) is 11.5 Å². The zero-order valence-electron chi connectivity index (χ0n) is 23.3. The molecule has 3 aromatic rings. The number of nitrogens with zero attached hydrogens (tertiary/aromatic N) is 2. The number of H-pyrrole nitrogens is 1. The number of ether oxygens (including phenoxy) is 5. The highest BCUT2D eigenvalue weighted by Gasteiger charge is 2.16. The molecule has 3 N–H and O–H groups in total. The smallest absolute Gasteiger partial charge is 0.356 e. The van der Waals surface area contributed by atoms with Gasteiger partial charge in [-0.2, -0.15) is 0 Å². The van der Waals surface area contributed by atoms with Crippen LogP contribution in [-0.4, -0.2) is 90.6 Å². The number of hydrogen-bond acceptors (Lipinski definition) is 13. The maximum Gasteiger partial charge on any atom is 0.356 e. The molecule has 0 amide bonds. The van der Waals surface area contributed by atoms with Gasteiger partial charge in [-0.25, -0.2) is 33.9 Å². The summed E-state index contributed by atoms with van der Waals surface area (Å²) in [6.07, 6.45) is 0. The molecule has 0 aliphatic heterocycles. The number of aromatic nitrogens is 3. The van der Waals surface area contributed by atoms with Crippen molar-refractivity contribution in [3.63, 3.8) is 0 Å². The normalized spacial score (nSPS) is 9.53. The van der Waals surface area contributed by atoms with Gasteiger partial charge in [0.1, 0.15) is 22.9 Å². The topological polar surface area (TPSA) is 231 Å². The van der Waals surface area contributed by atoms with E-state index in [9.17, 15) is 28.8 Å². The van der Waals surface area contributed by atoms with Crippen LogP contribution in [0.15, 0.2) is 41.2 Å². The number of aromatic amines is 1. The van der Waals surface area contributed by atoms with Crippen LogP contribution in [0.4, 0.5) is 0 Å². The fourth-order valence-corrected chi connectivity index (χ4v) is 3.06. The van der Waals surface area contributed by atoms with Gasteiger partial charge in [0.15, 0.2) is 22.5 Å². The van der Waals surface area contributed by atoms with Crippen LogP contribution in [0.2, 0.25) is 0 Å². The molecule has 0 unspecified atom stereocenters. The third-order valence-corrected chi connectivity index (χ3v) is 5.32. The Morgan fingerprint density at radius 2 is 1.05 bits per heavy atom. The number of methoxy groups -OCH3 is 5. The molecule has 43 heavy (non-hydrogen) atoms. The quantitative estimate of drug-likeness (QED) is 0.177. The fraction of sp³-hybridized carbons (Fsp3) is 0.231. The summed E-state index contributed by atoms with van der Waals surface area (Å²) in [4.78, 5) is 75.1. The lowest BCUT2D eigenvalue weighted by atomic mass is 10.3. The minimum Gasteiger partial charge on any atom is -0.497 e. The van der Waals surface area contributed by atoms with Gasteiger partial charge in [-0.15, -0.1) is 0 Å². The summed E-state index contributed by atoms with van der Waals surface area (Å²) in [5, 5.41) is 17.5. The Morgan fingerprint density at radius 3 is 1.37 bits per heavy atom. The van der Waals surface area contributed by atoms with E-state index in [4.69, 9.17) is 19.7 Å². The predicted molar refractivity (Wildman–Crippen MR) is 149 cm³/mol. The number of carboxylic acid groups (broad SMARTS) is 2. The lowest BCUT2D eigenvalue weighted by molar-refractivity contribution is 0.0575. The van der Waals surface area contributed by atoms with Crippen LogP contribution in [0.1, 0.15) is 58.1 Å². The first-order valence-electron chi connectivity index (χ1n) is 11.5. The number of carbonyl (C=O) groups is 5. The molecule has 3 rings (SSSR count). The zero-order valence-corrected chi connectivity index (χ0v) is 24.9. The van der Waals surface area contributed by atoms with Gasteiger partial charge >= 0.3 is 29.8 Å². The fourth-order valence-electron chi connectivity index (χ4n) is 2.77. The summed E-state index contributed by atoms with van der Waals surface area (Å²) < 4.78 is 23.5. The molecule has 0 saturated heterocycles. The van der Waals surface area contributed by atoms with E-state index in [0.717, 1.165) is 17.8 Å². The first-order valence-corrected chi connectivity index (χ1v) is 12.6. The Balaban J connectivity index is 0.000000324. The molecule has 3 aromatic heterocycles. The first kappa shape index (κ1) is 35.7. The Morgan fingerprint density at radius 1 is 0.674 bits per heavy atom. The molecule has 0 saturated carbocycles. The second-order valence-corrected chi connectivity index (χ2v) is 8.08. The Kier molecular flexibility index (Phi) is 14.5. The molecule has 0 spiro atoms. The van der Waals surface area contributed by atoms with Crippen molar-refractivity contribution in [2.75, 3.05) is 35.5 Å². The third-order valence-electron chi connectivity index (χ3n) is 4.75. The number of halogens is 1. The maximum atomic E-state index is 11.3. The van der Waals surface area contributed by atoms with Crippen molar-refractivity contribution in [3.05, 3.63) is 80.8 Å². The molecular formula is C26H26BrN3O13. The van der Waals surface area contributed by atoms with Crippen molar-refractivity contribution < 1.29 is 57.9 Å². The third kappa shape index (κ3) is 11.2. The largest absolute Gasteiger partial charge is 0.497 e. The van der Waals surface area contributed by atoms with Gasteiger partial charge in [0, 0.05) is 41.7 Å². The highest BCUT2D eigenvalue weighted by Crippen LogP contribution is 2.16. The van der Waals surface area contributed by atoms with Gasteiger partial charge in [-0.1, -0.05) is 15.9 Å². The summed E-state index contributed by atoms with van der Waals surface area (Å²) in [5.74, 6) is -3.59. The number of alkyl halides is 1. The second-order valence-electron chi connectivity index (χ2n) is 7.52. The zero-order chi connectivity index (χ0) is 32.7. The molecule has 230 valence electrons. The van der Waals surface area contributed by atoms with Crippen molar-refractivity contribution >= 4 is 45.8 Å². The average Bonchev–Trinajstić information content (AvgIpc) is 3.02. The van der Waals surface area contributed by atoms with Crippen LogP contribution < -0.4 is 14.9 Å². The molecule has 16 nitrogen and oxygen atoms in total.